The van der Waals surface area contributed by atoms with Gasteiger partial charge in [0.1, 0.15) is 5.01 Å². The first-order valence-corrected chi connectivity index (χ1v) is 6.08. The number of nitrogens with zero attached hydrogens (tertiary/aromatic N) is 1. The van der Waals surface area contributed by atoms with Crippen LogP contribution in [-0.2, 0) is 11.3 Å². The van der Waals surface area contributed by atoms with E-state index in [1.54, 1.807) is 18.4 Å². The Balaban J connectivity index is 2.39. The molecular formula is C11H20N2OS. The fourth-order valence-corrected chi connectivity index (χ4v) is 2.11. The summed E-state index contributed by atoms with van der Waals surface area (Å²) in [7, 11) is 1.74. The van der Waals surface area contributed by atoms with Crippen LogP contribution in [0.4, 0.5) is 0 Å². The van der Waals surface area contributed by atoms with Gasteiger partial charge in [-0.3, -0.25) is 0 Å². The number of hydrogen-bond acceptors (Lipinski definition) is 4. The van der Waals surface area contributed by atoms with Crippen LogP contribution in [0.1, 0.15) is 23.7 Å². The Morgan fingerprint density at radius 3 is 2.73 bits per heavy atom. The molecule has 0 radical (unpaired) electrons. The maximum atomic E-state index is 5.18. The van der Waals surface area contributed by atoms with Crippen LogP contribution in [0, 0.1) is 12.8 Å². The molecule has 0 aliphatic rings. The van der Waals surface area contributed by atoms with Crippen molar-refractivity contribution in [2.75, 3.05) is 13.7 Å². The molecule has 3 nitrogen and oxygen atoms in total. The average molecular weight is 228 g/mol. The maximum Gasteiger partial charge on any atom is 0.107 e. The summed E-state index contributed by atoms with van der Waals surface area (Å²) in [5.74, 6) is 0.575. The summed E-state index contributed by atoms with van der Waals surface area (Å²) in [5.41, 5.74) is 0. The van der Waals surface area contributed by atoms with E-state index in [4.69, 9.17) is 4.74 Å². The van der Waals surface area contributed by atoms with E-state index in [-0.39, 0.29) is 0 Å². The van der Waals surface area contributed by atoms with Gasteiger partial charge in [0.2, 0.25) is 0 Å². The van der Waals surface area contributed by atoms with E-state index < -0.39 is 0 Å². The monoisotopic (exact) mass is 228 g/mol. The zero-order valence-electron chi connectivity index (χ0n) is 9.91. The van der Waals surface area contributed by atoms with Gasteiger partial charge in [0, 0.05) is 30.8 Å². The number of thiazole rings is 1. The van der Waals surface area contributed by atoms with Crippen LogP contribution in [0.15, 0.2) is 6.20 Å². The molecule has 0 saturated carbocycles. The Labute approximate surface area is 95.9 Å². The Hall–Kier alpha value is -0.450. The Morgan fingerprint density at radius 1 is 1.53 bits per heavy atom. The summed E-state index contributed by atoms with van der Waals surface area (Å²) < 4.78 is 5.18. The number of aromatic nitrogens is 1. The highest BCUT2D eigenvalue weighted by atomic mass is 32.1. The second-order valence-corrected chi connectivity index (χ2v) is 5.37. The van der Waals surface area contributed by atoms with Gasteiger partial charge in [-0.1, -0.05) is 13.8 Å². The molecule has 0 bridgehead atoms. The Morgan fingerprint density at radius 2 is 2.27 bits per heavy atom. The van der Waals surface area contributed by atoms with Crippen molar-refractivity contribution in [3.63, 3.8) is 0 Å². The lowest BCUT2D eigenvalue weighted by Crippen LogP contribution is -2.37. The van der Waals surface area contributed by atoms with Gasteiger partial charge in [0.15, 0.2) is 0 Å². The second-order valence-electron chi connectivity index (χ2n) is 4.05. The molecule has 1 aromatic rings. The van der Waals surface area contributed by atoms with E-state index in [9.17, 15) is 0 Å². The van der Waals surface area contributed by atoms with Crippen molar-refractivity contribution in [1.29, 1.82) is 0 Å². The van der Waals surface area contributed by atoms with Gasteiger partial charge in [-0.2, -0.15) is 0 Å². The number of methoxy groups -OCH3 is 1. The topological polar surface area (TPSA) is 34.1 Å². The van der Waals surface area contributed by atoms with Crippen molar-refractivity contribution >= 4 is 11.3 Å². The van der Waals surface area contributed by atoms with Gasteiger partial charge >= 0.3 is 0 Å². The zero-order chi connectivity index (χ0) is 11.3. The third-order valence-corrected chi connectivity index (χ3v) is 3.25. The van der Waals surface area contributed by atoms with E-state index in [1.165, 1.54) is 4.88 Å². The molecule has 1 rings (SSSR count). The van der Waals surface area contributed by atoms with E-state index in [2.05, 4.69) is 31.1 Å². The van der Waals surface area contributed by atoms with Gasteiger partial charge in [-0.25, -0.2) is 4.98 Å². The summed E-state index contributed by atoms with van der Waals surface area (Å²) in [4.78, 5) is 5.59. The average Bonchev–Trinajstić information content (AvgIpc) is 2.58. The Kier molecular flexibility index (Phi) is 5.22. The summed E-state index contributed by atoms with van der Waals surface area (Å²) in [6, 6.07) is 0.402. The van der Waals surface area contributed by atoms with Crippen LogP contribution in [0.5, 0.6) is 0 Å². The lowest BCUT2D eigenvalue weighted by Gasteiger charge is -2.20. The quantitative estimate of drug-likeness (QED) is 0.810. The van der Waals surface area contributed by atoms with Gasteiger partial charge in [0.05, 0.1) is 6.61 Å². The highest BCUT2D eigenvalue weighted by Gasteiger charge is 2.12. The summed E-state index contributed by atoms with van der Waals surface area (Å²) in [6.45, 7) is 8.07. The first-order chi connectivity index (χ1) is 7.13. The molecule has 1 atom stereocenters. The largest absolute Gasteiger partial charge is 0.383 e. The smallest absolute Gasteiger partial charge is 0.107 e. The predicted molar refractivity (Wildman–Crippen MR) is 64.2 cm³/mol. The number of rotatable bonds is 6. The van der Waals surface area contributed by atoms with Gasteiger partial charge in [-0.15, -0.1) is 11.3 Å². The molecule has 0 aliphatic heterocycles. The summed E-state index contributed by atoms with van der Waals surface area (Å²) >= 11 is 1.75. The molecule has 1 unspecified atom stereocenters. The molecule has 0 amide bonds. The summed E-state index contributed by atoms with van der Waals surface area (Å²) in [6.07, 6.45) is 1.92. The highest BCUT2D eigenvalue weighted by molar-refractivity contribution is 7.11. The maximum absolute atomic E-state index is 5.18. The molecule has 15 heavy (non-hydrogen) atoms. The van der Waals surface area contributed by atoms with E-state index >= 15 is 0 Å². The van der Waals surface area contributed by atoms with Gasteiger partial charge < -0.3 is 10.1 Å². The molecule has 4 heteroatoms. The SMILES string of the molecule is COCC(NCc1ncc(C)s1)C(C)C. The number of hydrogen-bond donors (Lipinski definition) is 1. The molecule has 0 spiro atoms. The molecule has 0 aliphatic carbocycles. The van der Waals surface area contributed by atoms with Crippen LogP contribution in [0.25, 0.3) is 0 Å². The lowest BCUT2D eigenvalue weighted by molar-refractivity contribution is 0.146. The van der Waals surface area contributed by atoms with E-state index in [0.29, 0.717) is 12.0 Å². The van der Waals surface area contributed by atoms with Crippen molar-refractivity contribution in [3.8, 4) is 0 Å². The minimum absolute atomic E-state index is 0.402. The first-order valence-electron chi connectivity index (χ1n) is 5.27. The second kappa shape index (κ2) is 6.20. The molecule has 0 fully saturated rings. The van der Waals surface area contributed by atoms with Crippen molar-refractivity contribution in [1.82, 2.24) is 10.3 Å². The summed E-state index contributed by atoms with van der Waals surface area (Å²) in [5, 5.41) is 4.62. The molecule has 86 valence electrons. The molecular weight excluding hydrogens is 208 g/mol. The number of nitrogens with one attached hydrogen (secondary N) is 1. The van der Waals surface area contributed by atoms with Crippen LogP contribution in [-0.4, -0.2) is 24.7 Å². The molecule has 0 aromatic carbocycles. The third kappa shape index (κ3) is 4.28. The number of aryl methyl sites for hydroxylation is 1. The minimum atomic E-state index is 0.402. The Bertz CT molecular complexity index is 286. The predicted octanol–water partition coefficient (Wildman–Crippen LogP) is 2.21. The zero-order valence-corrected chi connectivity index (χ0v) is 10.7. The standard InChI is InChI=1S/C11H20N2OS/c1-8(2)10(7-14-4)12-6-11-13-5-9(3)15-11/h5,8,10,12H,6-7H2,1-4H3. The molecule has 1 heterocycles. The van der Waals surface area contributed by atoms with Crippen molar-refractivity contribution in [2.45, 2.75) is 33.4 Å². The minimum Gasteiger partial charge on any atom is -0.383 e. The molecule has 1 aromatic heterocycles. The fourth-order valence-electron chi connectivity index (χ4n) is 1.37. The van der Waals surface area contributed by atoms with Crippen molar-refractivity contribution in [3.05, 3.63) is 16.1 Å². The van der Waals surface area contributed by atoms with Crippen LogP contribution >= 0.6 is 11.3 Å². The van der Waals surface area contributed by atoms with Crippen LogP contribution in [0.2, 0.25) is 0 Å². The van der Waals surface area contributed by atoms with Crippen molar-refractivity contribution < 1.29 is 4.74 Å². The van der Waals surface area contributed by atoms with Crippen molar-refractivity contribution in [2.24, 2.45) is 5.92 Å². The first kappa shape index (κ1) is 12.6. The highest BCUT2D eigenvalue weighted by Crippen LogP contribution is 2.11. The van der Waals surface area contributed by atoms with Crippen LogP contribution < -0.4 is 5.32 Å². The van der Waals surface area contributed by atoms with Crippen LogP contribution in [0.3, 0.4) is 0 Å². The normalized spacial score (nSPS) is 13.4. The lowest BCUT2D eigenvalue weighted by atomic mass is 10.1. The van der Waals surface area contributed by atoms with Gasteiger partial charge in [-0.05, 0) is 12.8 Å². The molecule has 0 saturated heterocycles. The van der Waals surface area contributed by atoms with E-state index in [0.717, 1.165) is 18.2 Å². The fraction of sp³-hybridized carbons (Fsp3) is 0.727. The number of ether oxygens (including phenoxy) is 1. The van der Waals surface area contributed by atoms with Gasteiger partial charge in [0.25, 0.3) is 0 Å². The third-order valence-electron chi connectivity index (χ3n) is 2.34. The molecule has 1 N–H and O–H groups in total. The van der Waals surface area contributed by atoms with E-state index in [1.807, 2.05) is 6.20 Å².